The van der Waals surface area contributed by atoms with Crippen LogP contribution in [0.5, 0.6) is 5.75 Å². The summed E-state index contributed by atoms with van der Waals surface area (Å²) in [6.07, 6.45) is 1.18. The molecule has 1 fully saturated rings. The lowest BCUT2D eigenvalue weighted by Crippen LogP contribution is -2.36. The van der Waals surface area contributed by atoms with E-state index in [1.807, 2.05) is 38.1 Å². The van der Waals surface area contributed by atoms with Gasteiger partial charge in [0.05, 0.1) is 18.3 Å². The van der Waals surface area contributed by atoms with E-state index in [2.05, 4.69) is 0 Å². The monoisotopic (exact) mass is 274 g/mol. The van der Waals surface area contributed by atoms with Crippen LogP contribution >= 0.6 is 0 Å². The molecule has 4 nitrogen and oxygen atoms in total. The Bertz CT molecular complexity index is 569. The average Bonchev–Trinajstić information content (AvgIpc) is 2.72. The standard InChI is InChI=1S/C16H18O4/c1-16(2)9-8-12-13(14(17)19-15(12)20-16)10-4-6-11(18-3)7-5-10/h4-7,15H,8-9H2,1-3H3. The third kappa shape index (κ3) is 2.20. The molecular weight excluding hydrogens is 256 g/mol. The van der Waals surface area contributed by atoms with Crippen molar-refractivity contribution in [2.24, 2.45) is 0 Å². The van der Waals surface area contributed by atoms with Crippen LogP contribution in [0.4, 0.5) is 0 Å². The van der Waals surface area contributed by atoms with Crippen molar-refractivity contribution in [1.82, 2.24) is 0 Å². The van der Waals surface area contributed by atoms with Gasteiger partial charge in [-0.3, -0.25) is 0 Å². The van der Waals surface area contributed by atoms with Crippen molar-refractivity contribution >= 4 is 11.5 Å². The molecule has 1 aromatic rings. The summed E-state index contributed by atoms with van der Waals surface area (Å²) in [6.45, 7) is 4.03. The SMILES string of the molecule is COc1ccc(C2=C3CCC(C)(C)OC3OC2=O)cc1. The highest BCUT2D eigenvalue weighted by Crippen LogP contribution is 2.41. The summed E-state index contributed by atoms with van der Waals surface area (Å²) in [6, 6.07) is 7.45. The number of hydrogen-bond acceptors (Lipinski definition) is 4. The Hall–Kier alpha value is -1.81. The fourth-order valence-corrected chi connectivity index (χ4v) is 2.66. The van der Waals surface area contributed by atoms with E-state index in [1.165, 1.54) is 0 Å². The molecule has 0 N–H and O–H groups in total. The molecule has 0 spiro atoms. The Morgan fingerprint density at radius 3 is 2.60 bits per heavy atom. The largest absolute Gasteiger partial charge is 0.497 e. The van der Waals surface area contributed by atoms with Crippen LogP contribution < -0.4 is 4.74 Å². The minimum atomic E-state index is -0.525. The van der Waals surface area contributed by atoms with Gasteiger partial charge < -0.3 is 14.2 Å². The molecule has 4 heteroatoms. The summed E-state index contributed by atoms with van der Waals surface area (Å²) in [5, 5.41) is 0. The predicted octanol–water partition coefficient (Wildman–Crippen LogP) is 2.92. The van der Waals surface area contributed by atoms with Crippen molar-refractivity contribution in [3.05, 3.63) is 35.4 Å². The van der Waals surface area contributed by atoms with Crippen molar-refractivity contribution in [2.75, 3.05) is 7.11 Å². The maximum atomic E-state index is 12.1. The van der Waals surface area contributed by atoms with Crippen LogP contribution in [0.25, 0.3) is 5.57 Å². The second kappa shape index (κ2) is 4.63. The van der Waals surface area contributed by atoms with Crippen LogP contribution in [-0.2, 0) is 14.3 Å². The lowest BCUT2D eigenvalue weighted by molar-refractivity contribution is -0.192. The number of carbonyl (C=O) groups excluding carboxylic acids is 1. The van der Waals surface area contributed by atoms with E-state index in [0.29, 0.717) is 5.57 Å². The average molecular weight is 274 g/mol. The first kappa shape index (κ1) is 13.2. The third-order valence-corrected chi connectivity index (χ3v) is 3.82. The van der Waals surface area contributed by atoms with E-state index < -0.39 is 6.29 Å². The smallest absolute Gasteiger partial charge is 0.341 e. The molecule has 106 valence electrons. The highest BCUT2D eigenvalue weighted by Gasteiger charge is 2.42. The second-order valence-corrected chi connectivity index (χ2v) is 5.74. The summed E-state index contributed by atoms with van der Waals surface area (Å²) >= 11 is 0. The van der Waals surface area contributed by atoms with Crippen molar-refractivity contribution in [3.63, 3.8) is 0 Å². The first-order valence-corrected chi connectivity index (χ1v) is 6.76. The molecule has 0 amide bonds. The number of carbonyl (C=O) groups is 1. The normalized spacial score (nSPS) is 24.4. The van der Waals surface area contributed by atoms with Crippen molar-refractivity contribution < 1.29 is 19.0 Å². The van der Waals surface area contributed by atoms with E-state index >= 15 is 0 Å². The molecule has 1 atom stereocenters. The topological polar surface area (TPSA) is 44.8 Å². The summed E-state index contributed by atoms with van der Waals surface area (Å²) < 4.78 is 16.3. The Labute approximate surface area is 118 Å². The zero-order valence-corrected chi connectivity index (χ0v) is 11.9. The summed E-state index contributed by atoms with van der Waals surface area (Å²) in [5.41, 5.74) is 2.22. The van der Waals surface area contributed by atoms with Crippen LogP contribution in [-0.4, -0.2) is 25.0 Å². The second-order valence-electron chi connectivity index (χ2n) is 5.74. The molecule has 0 aromatic heterocycles. The molecule has 0 aliphatic carbocycles. The molecule has 1 aromatic carbocycles. The fourth-order valence-electron chi connectivity index (χ4n) is 2.66. The number of fused-ring (bicyclic) bond motifs is 1. The van der Waals surface area contributed by atoms with E-state index in [0.717, 1.165) is 29.7 Å². The zero-order valence-electron chi connectivity index (χ0n) is 11.9. The van der Waals surface area contributed by atoms with Crippen molar-refractivity contribution in [3.8, 4) is 5.75 Å². The molecule has 3 rings (SSSR count). The van der Waals surface area contributed by atoms with E-state index in [9.17, 15) is 4.79 Å². The lowest BCUT2D eigenvalue weighted by atomic mass is 9.90. The number of esters is 1. The first-order chi connectivity index (χ1) is 9.50. The molecule has 2 heterocycles. The fraction of sp³-hybridized carbons (Fsp3) is 0.438. The van der Waals surface area contributed by atoms with Crippen LogP contribution in [0.2, 0.25) is 0 Å². The molecule has 0 saturated carbocycles. The molecule has 2 aliphatic rings. The number of hydrogen-bond donors (Lipinski definition) is 0. The van der Waals surface area contributed by atoms with E-state index in [4.69, 9.17) is 14.2 Å². The zero-order chi connectivity index (χ0) is 14.3. The Morgan fingerprint density at radius 1 is 1.25 bits per heavy atom. The van der Waals surface area contributed by atoms with Crippen LogP contribution in [0.1, 0.15) is 32.3 Å². The molecular formula is C16H18O4. The van der Waals surface area contributed by atoms with Gasteiger partial charge in [0.2, 0.25) is 6.29 Å². The Balaban J connectivity index is 1.96. The van der Waals surface area contributed by atoms with Gasteiger partial charge in [0.1, 0.15) is 5.75 Å². The number of rotatable bonds is 2. The van der Waals surface area contributed by atoms with Gasteiger partial charge in [-0.05, 0) is 44.4 Å². The van der Waals surface area contributed by atoms with E-state index in [-0.39, 0.29) is 11.6 Å². The number of benzene rings is 1. The summed E-state index contributed by atoms with van der Waals surface area (Å²) in [4.78, 5) is 12.1. The molecule has 1 unspecified atom stereocenters. The summed E-state index contributed by atoms with van der Waals surface area (Å²) in [5.74, 6) is 0.469. The maximum absolute atomic E-state index is 12.1. The first-order valence-electron chi connectivity index (χ1n) is 6.76. The highest BCUT2D eigenvalue weighted by atomic mass is 16.7. The van der Waals surface area contributed by atoms with Gasteiger partial charge in [0.25, 0.3) is 0 Å². The van der Waals surface area contributed by atoms with Gasteiger partial charge in [-0.25, -0.2) is 4.79 Å². The van der Waals surface area contributed by atoms with Gasteiger partial charge in [0, 0.05) is 5.57 Å². The molecule has 2 aliphatic heterocycles. The van der Waals surface area contributed by atoms with Gasteiger partial charge in [0.15, 0.2) is 0 Å². The number of ether oxygens (including phenoxy) is 3. The molecule has 1 saturated heterocycles. The highest BCUT2D eigenvalue weighted by molar-refractivity contribution is 6.19. The lowest BCUT2D eigenvalue weighted by Gasteiger charge is -2.34. The van der Waals surface area contributed by atoms with E-state index in [1.54, 1.807) is 7.11 Å². The van der Waals surface area contributed by atoms with Crippen LogP contribution in [0.3, 0.4) is 0 Å². The Kier molecular flexibility index (Phi) is 3.05. The van der Waals surface area contributed by atoms with Gasteiger partial charge in [-0.1, -0.05) is 12.1 Å². The number of methoxy groups -OCH3 is 1. The molecule has 0 radical (unpaired) electrons. The van der Waals surface area contributed by atoms with Crippen molar-refractivity contribution in [2.45, 2.75) is 38.6 Å². The predicted molar refractivity (Wildman–Crippen MR) is 74.2 cm³/mol. The molecule has 0 bridgehead atoms. The summed E-state index contributed by atoms with van der Waals surface area (Å²) in [7, 11) is 1.62. The minimum absolute atomic E-state index is 0.246. The van der Waals surface area contributed by atoms with Gasteiger partial charge >= 0.3 is 5.97 Å². The van der Waals surface area contributed by atoms with Crippen molar-refractivity contribution in [1.29, 1.82) is 0 Å². The Morgan fingerprint density at radius 2 is 1.95 bits per heavy atom. The maximum Gasteiger partial charge on any atom is 0.341 e. The van der Waals surface area contributed by atoms with Crippen LogP contribution in [0, 0.1) is 0 Å². The van der Waals surface area contributed by atoms with Gasteiger partial charge in [-0.15, -0.1) is 0 Å². The molecule has 20 heavy (non-hydrogen) atoms. The van der Waals surface area contributed by atoms with Gasteiger partial charge in [-0.2, -0.15) is 0 Å². The van der Waals surface area contributed by atoms with Crippen LogP contribution in [0.15, 0.2) is 29.8 Å². The minimum Gasteiger partial charge on any atom is -0.497 e. The third-order valence-electron chi connectivity index (χ3n) is 3.82. The quantitative estimate of drug-likeness (QED) is 0.778.